The highest BCUT2D eigenvalue weighted by atomic mass is 32.2. The van der Waals surface area contributed by atoms with Crippen LogP contribution in [-0.2, 0) is 0 Å². The maximum atomic E-state index is 12.0. The van der Waals surface area contributed by atoms with Crippen LogP contribution in [0.15, 0.2) is 12.3 Å². The zero-order valence-electron chi connectivity index (χ0n) is 10.4. The lowest BCUT2D eigenvalue weighted by molar-refractivity contribution is -0.0329. The first-order valence-electron chi connectivity index (χ1n) is 6.18. The van der Waals surface area contributed by atoms with Gasteiger partial charge < -0.3 is 10.6 Å². The molecule has 0 radical (unpaired) electrons. The van der Waals surface area contributed by atoms with Crippen LogP contribution < -0.4 is 5.73 Å². The summed E-state index contributed by atoms with van der Waals surface area (Å²) in [7, 11) is 0. The van der Waals surface area contributed by atoms with Gasteiger partial charge in [-0.2, -0.15) is 18.3 Å². The standard InChI is InChI=1S/C11H17F3N4S/c12-11(13,14)19-8-7-17-4-1-9(2-5-17)18-6-3-10(15)16-18/h3,6,9H,1-2,4-5,7-8H2,(H2,15,16). The summed E-state index contributed by atoms with van der Waals surface area (Å²) in [5, 5.41) is 4.18. The summed E-state index contributed by atoms with van der Waals surface area (Å²) < 4.78 is 37.9. The van der Waals surface area contributed by atoms with Gasteiger partial charge >= 0.3 is 5.51 Å². The third-order valence-electron chi connectivity index (χ3n) is 3.23. The highest BCUT2D eigenvalue weighted by Gasteiger charge is 2.28. The molecular formula is C11H17F3N4S. The van der Waals surface area contributed by atoms with Gasteiger partial charge in [0.1, 0.15) is 5.82 Å². The van der Waals surface area contributed by atoms with Crippen molar-refractivity contribution >= 4 is 17.6 Å². The number of nitrogens with zero attached hydrogens (tertiary/aromatic N) is 3. The van der Waals surface area contributed by atoms with E-state index >= 15 is 0 Å². The van der Waals surface area contributed by atoms with Crippen LogP contribution in [0.2, 0.25) is 0 Å². The van der Waals surface area contributed by atoms with E-state index in [2.05, 4.69) is 10.00 Å². The van der Waals surface area contributed by atoms with Crippen molar-refractivity contribution in [2.24, 2.45) is 0 Å². The number of thioether (sulfide) groups is 1. The number of rotatable bonds is 4. The van der Waals surface area contributed by atoms with Crippen molar-refractivity contribution in [1.82, 2.24) is 14.7 Å². The molecule has 0 spiro atoms. The minimum absolute atomic E-state index is 0.0520. The predicted molar refractivity (Wildman–Crippen MR) is 69.9 cm³/mol. The zero-order chi connectivity index (χ0) is 13.9. The fourth-order valence-corrected chi connectivity index (χ4v) is 2.83. The van der Waals surface area contributed by atoms with Crippen LogP contribution in [-0.4, -0.2) is 45.6 Å². The van der Waals surface area contributed by atoms with Crippen LogP contribution in [0.25, 0.3) is 0 Å². The number of nitrogens with two attached hydrogens (primary N) is 1. The molecule has 0 bridgehead atoms. The van der Waals surface area contributed by atoms with Gasteiger partial charge in [-0.25, -0.2) is 0 Å². The monoisotopic (exact) mass is 294 g/mol. The SMILES string of the molecule is Nc1ccn(C2CCN(CCSC(F)(F)F)CC2)n1. The molecule has 1 fully saturated rings. The maximum absolute atomic E-state index is 12.0. The van der Waals surface area contributed by atoms with Gasteiger partial charge in [0.25, 0.3) is 0 Å². The maximum Gasteiger partial charge on any atom is 0.441 e. The van der Waals surface area contributed by atoms with E-state index in [-0.39, 0.29) is 17.5 Å². The fourth-order valence-electron chi connectivity index (χ4n) is 2.25. The number of nitrogen functional groups attached to an aromatic ring is 1. The largest absolute Gasteiger partial charge is 0.441 e. The normalized spacial score (nSPS) is 18.9. The second-order valence-corrected chi connectivity index (χ2v) is 5.75. The van der Waals surface area contributed by atoms with Crippen molar-refractivity contribution in [2.45, 2.75) is 24.4 Å². The average Bonchev–Trinajstić information content (AvgIpc) is 2.75. The first-order chi connectivity index (χ1) is 8.94. The van der Waals surface area contributed by atoms with Gasteiger partial charge in [0.15, 0.2) is 0 Å². The van der Waals surface area contributed by atoms with Crippen LogP contribution in [0.3, 0.4) is 0 Å². The number of alkyl halides is 3. The van der Waals surface area contributed by atoms with Gasteiger partial charge in [-0.1, -0.05) is 0 Å². The Kier molecular flexibility index (Phi) is 4.62. The molecule has 0 atom stereocenters. The lowest BCUT2D eigenvalue weighted by Gasteiger charge is -2.31. The number of hydrogen-bond acceptors (Lipinski definition) is 4. The summed E-state index contributed by atoms with van der Waals surface area (Å²) in [6.07, 6.45) is 3.66. The molecule has 0 aliphatic carbocycles. The summed E-state index contributed by atoms with van der Waals surface area (Å²) in [6.45, 7) is 2.10. The Hall–Kier alpha value is -0.890. The quantitative estimate of drug-likeness (QED) is 0.926. The molecule has 8 heteroatoms. The average molecular weight is 294 g/mol. The number of halogens is 3. The second kappa shape index (κ2) is 6.04. The Morgan fingerprint density at radius 2 is 2.05 bits per heavy atom. The van der Waals surface area contributed by atoms with Gasteiger partial charge in [0.05, 0.1) is 6.04 Å². The van der Waals surface area contributed by atoms with Crippen molar-refractivity contribution in [2.75, 3.05) is 31.1 Å². The Bertz CT molecular complexity index is 399. The van der Waals surface area contributed by atoms with Crippen LogP contribution in [0.1, 0.15) is 18.9 Å². The van der Waals surface area contributed by atoms with Gasteiger partial charge in [-0.15, -0.1) is 0 Å². The molecular weight excluding hydrogens is 277 g/mol. The Balaban J connectivity index is 1.71. The van der Waals surface area contributed by atoms with E-state index in [1.54, 1.807) is 6.07 Å². The van der Waals surface area contributed by atoms with Crippen molar-refractivity contribution < 1.29 is 13.2 Å². The zero-order valence-corrected chi connectivity index (χ0v) is 11.3. The van der Waals surface area contributed by atoms with Crippen molar-refractivity contribution in [3.05, 3.63) is 12.3 Å². The third kappa shape index (κ3) is 4.61. The summed E-state index contributed by atoms with van der Waals surface area (Å²) >= 11 is 0.0520. The molecule has 1 aromatic heterocycles. The Labute approximate surface area is 114 Å². The van der Waals surface area contributed by atoms with E-state index < -0.39 is 5.51 Å². The Morgan fingerprint density at radius 3 is 2.58 bits per heavy atom. The highest BCUT2D eigenvalue weighted by Crippen LogP contribution is 2.30. The molecule has 0 unspecified atom stereocenters. The Morgan fingerprint density at radius 1 is 1.37 bits per heavy atom. The molecule has 1 aliphatic rings. The van der Waals surface area contributed by atoms with E-state index in [9.17, 15) is 13.2 Å². The third-order valence-corrected chi connectivity index (χ3v) is 3.95. The summed E-state index contributed by atoms with van der Waals surface area (Å²) in [5.41, 5.74) is 1.45. The predicted octanol–water partition coefficient (Wildman–Crippen LogP) is 2.36. The van der Waals surface area contributed by atoms with Gasteiger partial charge in [0, 0.05) is 31.6 Å². The lowest BCUT2D eigenvalue weighted by Crippen LogP contribution is -2.36. The summed E-state index contributed by atoms with van der Waals surface area (Å²) in [4.78, 5) is 2.07. The van der Waals surface area contributed by atoms with E-state index in [4.69, 9.17) is 5.73 Å². The lowest BCUT2D eigenvalue weighted by atomic mass is 10.1. The molecule has 19 heavy (non-hydrogen) atoms. The van der Waals surface area contributed by atoms with Crippen molar-refractivity contribution in [3.63, 3.8) is 0 Å². The molecule has 1 aromatic rings. The molecule has 0 aromatic carbocycles. The molecule has 2 heterocycles. The molecule has 1 aliphatic heterocycles. The number of piperidine rings is 1. The molecule has 4 nitrogen and oxygen atoms in total. The number of anilines is 1. The van der Waals surface area contributed by atoms with Gasteiger partial charge in [-0.05, 0) is 30.7 Å². The van der Waals surface area contributed by atoms with Crippen molar-refractivity contribution in [3.8, 4) is 0 Å². The minimum Gasteiger partial charge on any atom is -0.382 e. The molecule has 108 valence electrons. The van der Waals surface area contributed by atoms with E-state index in [0.717, 1.165) is 25.9 Å². The summed E-state index contributed by atoms with van der Waals surface area (Å²) in [5.74, 6) is 0.604. The number of hydrogen-bond donors (Lipinski definition) is 1. The second-order valence-electron chi connectivity index (χ2n) is 4.59. The molecule has 0 amide bonds. The van der Waals surface area contributed by atoms with Crippen LogP contribution in [0.5, 0.6) is 0 Å². The fraction of sp³-hybridized carbons (Fsp3) is 0.727. The van der Waals surface area contributed by atoms with Gasteiger partial charge in [-0.3, -0.25) is 4.68 Å². The summed E-state index contributed by atoms with van der Waals surface area (Å²) in [6, 6.07) is 2.07. The number of aromatic nitrogens is 2. The van der Waals surface area contributed by atoms with Crippen LogP contribution in [0, 0.1) is 0 Å². The molecule has 2 rings (SSSR count). The highest BCUT2D eigenvalue weighted by molar-refractivity contribution is 8.00. The van der Waals surface area contributed by atoms with Gasteiger partial charge in [0.2, 0.25) is 0 Å². The molecule has 2 N–H and O–H groups in total. The van der Waals surface area contributed by atoms with E-state index in [1.807, 2.05) is 10.9 Å². The van der Waals surface area contributed by atoms with Crippen LogP contribution >= 0.6 is 11.8 Å². The number of likely N-dealkylation sites (tertiary alicyclic amines) is 1. The molecule has 1 saturated heterocycles. The van der Waals surface area contributed by atoms with Crippen molar-refractivity contribution in [1.29, 1.82) is 0 Å². The smallest absolute Gasteiger partial charge is 0.382 e. The molecule has 0 saturated carbocycles. The first-order valence-corrected chi connectivity index (χ1v) is 7.16. The van der Waals surface area contributed by atoms with E-state index in [0.29, 0.717) is 18.4 Å². The van der Waals surface area contributed by atoms with Crippen LogP contribution in [0.4, 0.5) is 19.0 Å². The topological polar surface area (TPSA) is 47.1 Å². The first kappa shape index (κ1) is 14.5. The van der Waals surface area contributed by atoms with E-state index in [1.165, 1.54) is 0 Å². The minimum atomic E-state index is -4.12.